The van der Waals surface area contributed by atoms with Gasteiger partial charge in [-0.15, -0.1) is 0 Å². The Balaban J connectivity index is 1.34. The van der Waals surface area contributed by atoms with Crippen LogP contribution in [0.25, 0.3) is 11.0 Å². The molecule has 0 spiro atoms. The summed E-state index contributed by atoms with van der Waals surface area (Å²) in [5.74, 6) is 1.11. The molecule has 0 unspecified atom stereocenters. The molecule has 1 aliphatic carbocycles. The zero-order valence-electron chi connectivity index (χ0n) is 20.2. The summed E-state index contributed by atoms with van der Waals surface area (Å²) in [5, 5.41) is 7.98. The molecule has 1 amide bonds. The van der Waals surface area contributed by atoms with Gasteiger partial charge < -0.3 is 25.7 Å². The predicted molar refractivity (Wildman–Crippen MR) is 138 cm³/mol. The fourth-order valence-corrected chi connectivity index (χ4v) is 5.78. The fraction of sp³-hybridized carbons (Fsp3) is 0.583. The topological polar surface area (TPSA) is 123 Å². The van der Waals surface area contributed by atoms with E-state index in [1.54, 1.807) is 0 Å². The summed E-state index contributed by atoms with van der Waals surface area (Å²) in [7, 11) is 0. The van der Waals surface area contributed by atoms with E-state index in [0.717, 1.165) is 66.7 Å². The molecule has 0 radical (unpaired) electrons. The summed E-state index contributed by atoms with van der Waals surface area (Å²) < 4.78 is 12.0. The normalized spacial score (nSPS) is 21.3. The lowest BCUT2D eigenvalue weighted by Crippen LogP contribution is -2.46. The molecule has 0 atom stereocenters. The number of rotatable bonds is 9. The highest BCUT2D eigenvalue weighted by Gasteiger charge is 2.28. The number of carbonyl (C=O) groups excluding carboxylic acids is 1. The molecule has 3 aromatic rings. The lowest BCUT2D eigenvalue weighted by atomic mass is 9.90. The van der Waals surface area contributed by atoms with Gasteiger partial charge in [0.15, 0.2) is 5.82 Å². The molecule has 1 saturated heterocycles. The Morgan fingerprint density at radius 3 is 2.74 bits per heavy atom. The average Bonchev–Trinajstić information content (AvgIpc) is 3.46. The zero-order valence-corrected chi connectivity index (χ0v) is 21.0. The number of nitrogens with one attached hydrogen (secondary N) is 2. The number of primary amides is 1. The summed E-state index contributed by atoms with van der Waals surface area (Å²) in [4.78, 5) is 23.5. The van der Waals surface area contributed by atoms with E-state index in [1.165, 1.54) is 24.4 Å². The predicted octanol–water partition coefficient (Wildman–Crippen LogP) is 3.26. The van der Waals surface area contributed by atoms with Gasteiger partial charge in [-0.25, -0.2) is 4.98 Å². The Morgan fingerprint density at radius 2 is 2.03 bits per heavy atom. The van der Waals surface area contributed by atoms with Gasteiger partial charge >= 0.3 is 0 Å². The van der Waals surface area contributed by atoms with E-state index in [4.69, 9.17) is 20.4 Å². The second-order valence-corrected chi connectivity index (χ2v) is 10.3. The molecule has 188 valence electrons. The van der Waals surface area contributed by atoms with Gasteiger partial charge in [-0.3, -0.25) is 9.69 Å². The molecular formula is C24H34N8O2S. The molecule has 0 bridgehead atoms. The number of hydrogen-bond acceptors (Lipinski definition) is 9. The number of aromatic nitrogens is 4. The third kappa shape index (κ3) is 5.91. The molecule has 4 N–H and O–H groups in total. The van der Waals surface area contributed by atoms with Crippen molar-refractivity contribution in [3.8, 4) is 0 Å². The van der Waals surface area contributed by atoms with Crippen LogP contribution in [0.15, 0.2) is 18.3 Å². The summed E-state index contributed by atoms with van der Waals surface area (Å²) in [6.07, 6.45) is 7.62. The maximum Gasteiger partial charge on any atom is 0.230 e. The summed E-state index contributed by atoms with van der Waals surface area (Å²) in [6, 6.07) is 5.00. The van der Waals surface area contributed by atoms with Gasteiger partial charge in [0.25, 0.3) is 0 Å². The third-order valence-electron chi connectivity index (χ3n) is 6.90. The minimum atomic E-state index is -0.278. The smallest absolute Gasteiger partial charge is 0.230 e. The van der Waals surface area contributed by atoms with Crippen molar-refractivity contribution in [3.63, 3.8) is 0 Å². The van der Waals surface area contributed by atoms with E-state index in [2.05, 4.69) is 24.5 Å². The van der Waals surface area contributed by atoms with E-state index in [0.29, 0.717) is 37.4 Å². The summed E-state index contributed by atoms with van der Waals surface area (Å²) in [5.41, 5.74) is 8.15. The minimum Gasteiger partial charge on any atom is -0.379 e. The van der Waals surface area contributed by atoms with E-state index < -0.39 is 0 Å². The SMILES string of the molecule is Cc1cc(Nc2nc(N[C@H]3CC[C@H](N4CCOCC4)CC3)c3c(ccn3CCCC(N)=O)n2)sn1. The van der Waals surface area contributed by atoms with Crippen LogP contribution in [0.4, 0.5) is 16.8 Å². The summed E-state index contributed by atoms with van der Waals surface area (Å²) >= 11 is 1.40. The van der Waals surface area contributed by atoms with Crippen LogP contribution >= 0.6 is 11.5 Å². The summed E-state index contributed by atoms with van der Waals surface area (Å²) in [6.45, 7) is 6.44. The lowest BCUT2D eigenvalue weighted by molar-refractivity contribution is -0.118. The van der Waals surface area contributed by atoms with Crippen molar-refractivity contribution in [2.45, 2.75) is 64.1 Å². The molecule has 11 heteroatoms. The first kappa shape index (κ1) is 24.0. The Labute approximate surface area is 209 Å². The molecule has 0 aromatic carbocycles. The minimum absolute atomic E-state index is 0.278. The number of nitrogens with zero attached hydrogens (tertiary/aromatic N) is 5. The van der Waals surface area contributed by atoms with Crippen LogP contribution < -0.4 is 16.4 Å². The standard InChI is InChI=1S/C24H34N8O2S/c1-16-15-21(35-30-16)28-24-27-19-8-10-32(9-2-3-20(25)33)22(19)23(29-24)26-17-4-6-18(7-5-17)31-11-13-34-14-12-31/h8,10,15,17-18H,2-7,9,11-14H2,1H3,(H2,25,33)(H2,26,27,28,29)/t17-,18-. The van der Waals surface area contributed by atoms with Crippen LogP contribution in [0.2, 0.25) is 0 Å². The second kappa shape index (κ2) is 10.9. The first-order chi connectivity index (χ1) is 17.0. The van der Waals surface area contributed by atoms with Crippen molar-refractivity contribution < 1.29 is 9.53 Å². The van der Waals surface area contributed by atoms with Gasteiger partial charge in [-0.05, 0) is 62.7 Å². The molecule has 1 aliphatic heterocycles. The van der Waals surface area contributed by atoms with Crippen LogP contribution in [-0.4, -0.2) is 68.1 Å². The number of hydrogen-bond donors (Lipinski definition) is 3. The average molecular weight is 499 g/mol. The quantitative estimate of drug-likeness (QED) is 0.411. The molecule has 10 nitrogen and oxygen atoms in total. The molecule has 2 aliphatic rings. The van der Waals surface area contributed by atoms with Crippen molar-refractivity contribution in [1.82, 2.24) is 23.8 Å². The van der Waals surface area contributed by atoms with Gasteiger partial charge in [0, 0.05) is 44.3 Å². The number of anilines is 3. The number of morpholine rings is 1. The number of amides is 1. The highest BCUT2D eigenvalue weighted by atomic mass is 32.1. The highest BCUT2D eigenvalue weighted by Crippen LogP contribution is 2.30. The number of nitrogens with two attached hydrogens (primary N) is 1. The second-order valence-electron chi connectivity index (χ2n) is 9.46. The molecule has 4 heterocycles. The lowest BCUT2D eigenvalue weighted by Gasteiger charge is -2.39. The highest BCUT2D eigenvalue weighted by molar-refractivity contribution is 7.10. The Kier molecular flexibility index (Phi) is 7.45. The van der Waals surface area contributed by atoms with Crippen LogP contribution in [-0.2, 0) is 16.1 Å². The van der Waals surface area contributed by atoms with Gasteiger partial charge in [0.1, 0.15) is 10.5 Å². The van der Waals surface area contributed by atoms with E-state index in [-0.39, 0.29) is 5.91 Å². The first-order valence-corrected chi connectivity index (χ1v) is 13.3. The van der Waals surface area contributed by atoms with E-state index >= 15 is 0 Å². The first-order valence-electron chi connectivity index (χ1n) is 12.5. The van der Waals surface area contributed by atoms with Crippen molar-refractivity contribution in [3.05, 3.63) is 24.0 Å². The van der Waals surface area contributed by atoms with Gasteiger partial charge in [0.2, 0.25) is 11.9 Å². The van der Waals surface area contributed by atoms with Gasteiger partial charge in [-0.2, -0.15) is 9.36 Å². The maximum absolute atomic E-state index is 11.2. The largest absolute Gasteiger partial charge is 0.379 e. The van der Waals surface area contributed by atoms with Crippen LogP contribution in [0.3, 0.4) is 0 Å². The zero-order chi connectivity index (χ0) is 24.2. The number of fused-ring (bicyclic) bond motifs is 1. The maximum atomic E-state index is 11.2. The fourth-order valence-electron chi connectivity index (χ4n) is 5.13. The molecule has 3 aromatic heterocycles. The Morgan fingerprint density at radius 1 is 1.23 bits per heavy atom. The third-order valence-corrected chi connectivity index (χ3v) is 7.69. The van der Waals surface area contributed by atoms with E-state index in [9.17, 15) is 4.79 Å². The number of ether oxygens (including phenoxy) is 1. The van der Waals surface area contributed by atoms with Crippen molar-refractivity contribution in [2.24, 2.45) is 5.73 Å². The Bertz CT molecular complexity index is 1150. The van der Waals surface area contributed by atoms with Crippen LogP contribution in [0.5, 0.6) is 0 Å². The van der Waals surface area contributed by atoms with Gasteiger partial charge in [0.05, 0.1) is 24.4 Å². The van der Waals surface area contributed by atoms with E-state index in [1.807, 2.05) is 25.3 Å². The molecule has 5 rings (SSSR count). The van der Waals surface area contributed by atoms with Crippen molar-refractivity contribution in [2.75, 3.05) is 36.9 Å². The molecule has 2 fully saturated rings. The monoisotopic (exact) mass is 498 g/mol. The van der Waals surface area contributed by atoms with Gasteiger partial charge in [-0.1, -0.05) is 0 Å². The van der Waals surface area contributed by atoms with Crippen LogP contribution in [0, 0.1) is 6.92 Å². The molecule has 1 saturated carbocycles. The number of aryl methyl sites for hydroxylation is 2. The number of carbonyl (C=O) groups is 1. The van der Waals surface area contributed by atoms with Crippen LogP contribution in [0.1, 0.15) is 44.2 Å². The van der Waals surface area contributed by atoms with Crippen molar-refractivity contribution >= 4 is 45.2 Å². The Hall–Kier alpha value is -2.76. The van der Waals surface area contributed by atoms with Crippen molar-refractivity contribution in [1.29, 1.82) is 0 Å². The molecule has 35 heavy (non-hydrogen) atoms. The molecular weight excluding hydrogens is 464 g/mol.